The van der Waals surface area contributed by atoms with Crippen molar-refractivity contribution in [3.05, 3.63) is 53.6 Å². The van der Waals surface area contributed by atoms with Gasteiger partial charge < -0.3 is 19.3 Å². The van der Waals surface area contributed by atoms with Crippen molar-refractivity contribution >= 4 is 23.5 Å². The van der Waals surface area contributed by atoms with Gasteiger partial charge in [0.1, 0.15) is 0 Å². The molecule has 0 saturated carbocycles. The van der Waals surface area contributed by atoms with E-state index in [-0.39, 0.29) is 19.0 Å². The SMILES string of the molecule is COc1ccc(CCN2C(=O)NC(=O)[C@@]3(Cc4ccccc4N4CCN(C)C[C@H]43)C2=O)cc1OC. The number of likely N-dealkylation sites (N-methyl/N-ethyl adjacent to an activating group) is 1. The van der Waals surface area contributed by atoms with E-state index in [1.807, 2.05) is 43.4 Å². The number of methoxy groups -OCH3 is 2. The predicted molar refractivity (Wildman–Crippen MR) is 130 cm³/mol. The van der Waals surface area contributed by atoms with Gasteiger partial charge in [0.25, 0.3) is 0 Å². The average Bonchev–Trinajstić information content (AvgIpc) is 2.87. The minimum Gasteiger partial charge on any atom is -0.493 e. The molecular weight excluding hydrogens is 448 g/mol. The lowest BCUT2D eigenvalue weighted by atomic mass is 9.67. The smallest absolute Gasteiger partial charge is 0.330 e. The van der Waals surface area contributed by atoms with Crippen molar-refractivity contribution in [2.24, 2.45) is 5.41 Å². The van der Waals surface area contributed by atoms with Crippen LogP contribution in [0, 0.1) is 5.41 Å². The largest absolute Gasteiger partial charge is 0.493 e. The van der Waals surface area contributed by atoms with Crippen molar-refractivity contribution in [2.75, 3.05) is 52.3 Å². The van der Waals surface area contributed by atoms with E-state index < -0.39 is 23.3 Å². The van der Waals surface area contributed by atoms with Gasteiger partial charge in [0.15, 0.2) is 16.9 Å². The summed E-state index contributed by atoms with van der Waals surface area (Å²) in [6.45, 7) is 2.25. The molecule has 1 spiro atoms. The Morgan fingerprint density at radius 2 is 1.80 bits per heavy atom. The lowest BCUT2D eigenvalue weighted by Gasteiger charge is -2.55. The zero-order valence-corrected chi connectivity index (χ0v) is 20.2. The average molecular weight is 479 g/mol. The Bertz CT molecular complexity index is 1180. The fourth-order valence-corrected chi connectivity index (χ4v) is 5.62. The number of hydrogen-bond acceptors (Lipinski definition) is 7. The number of carbonyl (C=O) groups excluding carboxylic acids is 3. The maximum atomic E-state index is 14.1. The van der Waals surface area contributed by atoms with E-state index >= 15 is 0 Å². The van der Waals surface area contributed by atoms with Crippen LogP contribution in [0.3, 0.4) is 0 Å². The van der Waals surface area contributed by atoms with Gasteiger partial charge in [-0.2, -0.15) is 0 Å². The molecule has 0 unspecified atom stereocenters. The van der Waals surface area contributed by atoms with Gasteiger partial charge >= 0.3 is 6.03 Å². The minimum atomic E-state index is -1.37. The molecule has 3 aliphatic rings. The molecule has 5 rings (SSSR count). The number of amides is 4. The molecule has 2 aromatic rings. The number of carbonyl (C=O) groups is 3. The second-order valence-corrected chi connectivity index (χ2v) is 9.40. The first-order valence-electron chi connectivity index (χ1n) is 11.8. The number of ether oxygens (including phenoxy) is 2. The number of nitrogens with zero attached hydrogens (tertiary/aromatic N) is 3. The third-order valence-electron chi connectivity index (χ3n) is 7.49. The van der Waals surface area contributed by atoms with E-state index in [9.17, 15) is 14.4 Å². The van der Waals surface area contributed by atoms with Crippen LogP contribution in [0.15, 0.2) is 42.5 Å². The molecule has 9 nitrogen and oxygen atoms in total. The van der Waals surface area contributed by atoms with Gasteiger partial charge in [-0.15, -0.1) is 0 Å². The Kier molecular flexibility index (Phi) is 5.88. The Morgan fingerprint density at radius 1 is 1.03 bits per heavy atom. The molecule has 0 aromatic heterocycles. The van der Waals surface area contributed by atoms with Crippen LogP contribution >= 0.6 is 0 Å². The molecule has 2 atom stereocenters. The standard InChI is InChI=1S/C26H30N4O5/c1-28-12-13-29-19-7-5-4-6-18(19)15-26(22(29)16-28)23(31)27-25(33)30(24(26)32)11-10-17-8-9-20(34-2)21(14-17)35-3/h4-9,14,22H,10-13,15-16H2,1-3H3,(H,27,31,33)/t22-,26-/m0/s1. The number of para-hydroxylation sites is 1. The summed E-state index contributed by atoms with van der Waals surface area (Å²) in [5.41, 5.74) is 1.54. The molecule has 3 heterocycles. The predicted octanol–water partition coefficient (Wildman–Crippen LogP) is 1.69. The summed E-state index contributed by atoms with van der Waals surface area (Å²) in [4.78, 5) is 46.0. The summed E-state index contributed by atoms with van der Waals surface area (Å²) < 4.78 is 10.7. The van der Waals surface area contributed by atoms with E-state index in [2.05, 4.69) is 15.1 Å². The first kappa shape index (κ1) is 23.2. The second kappa shape index (κ2) is 8.88. The van der Waals surface area contributed by atoms with Crippen LogP contribution in [0.4, 0.5) is 10.5 Å². The first-order valence-corrected chi connectivity index (χ1v) is 11.8. The van der Waals surface area contributed by atoms with Crippen LogP contribution in [0.25, 0.3) is 0 Å². The summed E-state index contributed by atoms with van der Waals surface area (Å²) >= 11 is 0. The fourth-order valence-electron chi connectivity index (χ4n) is 5.62. The number of rotatable bonds is 5. The van der Waals surface area contributed by atoms with Crippen LogP contribution < -0.4 is 19.7 Å². The van der Waals surface area contributed by atoms with E-state index in [1.165, 1.54) is 4.90 Å². The fraction of sp³-hybridized carbons (Fsp3) is 0.423. The van der Waals surface area contributed by atoms with Crippen LogP contribution in [0.2, 0.25) is 0 Å². The molecule has 2 fully saturated rings. The van der Waals surface area contributed by atoms with E-state index in [4.69, 9.17) is 9.47 Å². The number of anilines is 1. The summed E-state index contributed by atoms with van der Waals surface area (Å²) in [6.07, 6.45) is 0.692. The van der Waals surface area contributed by atoms with Crippen molar-refractivity contribution in [3.8, 4) is 11.5 Å². The van der Waals surface area contributed by atoms with Crippen molar-refractivity contribution in [1.82, 2.24) is 15.1 Å². The summed E-state index contributed by atoms with van der Waals surface area (Å²) in [5, 5.41) is 2.51. The highest BCUT2D eigenvalue weighted by Gasteiger charge is 2.62. The van der Waals surface area contributed by atoms with Gasteiger partial charge in [-0.25, -0.2) is 4.79 Å². The molecule has 2 aromatic carbocycles. The third kappa shape index (κ3) is 3.70. The molecule has 3 aliphatic heterocycles. The van der Waals surface area contributed by atoms with Gasteiger partial charge in [-0.3, -0.25) is 19.8 Å². The number of fused-ring (bicyclic) bond motifs is 4. The Morgan fingerprint density at radius 3 is 2.57 bits per heavy atom. The molecular formula is C26H30N4O5. The Balaban J connectivity index is 1.47. The first-order chi connectivity index (χ1) is 16.9. The lowest BCUT2D eigenvalue weighted by Crippen LogP contribution is -2.75. The van der Waals surface area contributed by atoms with Gasteiger partial charge in [0, 0.05) is 31.9 Å². The Hall–Kier alpha value is -3.59. The quantitative estimate of drug-likeness (QED) is 0.654. The molecule has 9 heteroatoms. The number of piperazine rings is 1. The van der Waals surface area contributed by atoms with E-state index in [1.54, 1.807) is 20.3 Å². The Labute approximate surface area is 204 Å². The molecule has 1 N–H and O–H groups in total. The molecule has 0 radical (unpaired) electrons. The molecule has 35 heavy (non-hydrogen) atoms. The maximum absolute atomic E-state index is 14.1. The summed E-state index contributed by atoms with van der Waals surface area (Å²) in [5.74, 6) is 0.256. The van der Waals surface area contributed by atoms with E-state index in [0.717, 1.165) is 23.4 Å². The molecule has 184 valence electrons. The van der Waals surface area contributed by atoms with Crippen LogP contribution in [0.1, 0.15) is 11.1 Å². The highest BCUT2D eigenvalue weighted by Crippen LogP contribution is 2.45. The monoisotopic (exact) mass is 478 g/mol. The van der Waals surface area contributed by atoms with Gasteiger partial charge in [-0.05, 0) is 49.2 Å². The van der Waals surface area contributed by atoms with E-state index in [0.29, 0.717) is 31.0 Å². The molecule has 2 saturated heterocycles. The van der Waals surface area contributed by atoms with Crippen molar-refractivity contribution in [2.45, 2.75) is 18.9 Å². The van der Waals surface area contributed by atoms with Gasteiger partial charge in [-0.1, -0.05) is 24.3 Å². The summed E-state index contributed by atoms with van der Waals surface area (Å²) in [6, 6.07) is 12.4. The van der Waals surface area contributed by atoms with Crippen molar-refractivity contribution in [3.63, 3.8) is 0 Å². The molecule has 0 aliphatic carbocycles. The highest BCUT2D eigenvalue weighted by atomic mass is 16.5. The van der Waals surface area contributed by atoms with Crippen LogP contribution in [0.5, 0.6) is 11.5 Å². The van der Waals surface area contributed by atoms with Crippen LogP contribution in [-0.4, -0.2) is 81.1 Å². The van der Waals surface area contributed by atoms with Gasteiger partial charge in [0.05, 0.1) is 20.3 Å². The molecule has 4 amide bonds. The zero-order valence-electron chi connectivity index (χ0n) is 20.2. The van der Waals surface area contributed by atoms with Gasteiger partial charge in [0.2, 0.25) is 11.8 Å². The maximum Gasteiger partial charge on any atom is 0.330 e. The second-order valence-electron chi connectivity index (χ2n) is 9.40. The highest BCUT2D eigenvalue weighted by molar-refractivity contribution is 6.20. The molecule has 0 bridgehead atoms. The van der Waals surface area contributed by atoms with Crippen molar-refractivity contribution < 1.29 is 23.9 Å². The number of urea groups is 1. The third-order valence-corrected chi connectivity index (χ3v) is 7.49. The number of imide groups is 2. The lowest BCUT2D eigenvalue weighted by molar-refractivity contribution is -0.154. The normalized spacial score (nSPS) is 24.2. The van der Waals surface area contributed by atoms with Crippen molar-refractivity contribution in [1.29, 1.82) is 0 Å². The topological polar surface area (TPSA) is 91.4 Å². The number of barbiturate groups is 1. The minimum absolute atomic E-state index is 0.152. The number of nitrogens with one attached hydrogen (secondary N) is 1. The summed E-state index contributed by atoms with van der Waals surface area (Å²) in [7, 11) is 5.13. The number of hydrogen-bond donors (Lipinski definition) is 1. The zero-order chi connectivity index (χ0) is 24.7. The van der Waals surface area contributed by atoms with Crippen LogP contribution in [-0.2, 0) is 22.4 Å². The number of benzene rings is 2.